The Hall–Kier alpha value is -1.42. The Morgan fingerprint density at radius 2 is 2.11 bits per heavy atom. The molecule has 1 aliphatic heterocycles. The normalized spacial score (nSPS) is 22.8. The van der Waals surface area contributed by atoms with Crippen LogP contribution in [0.15, 0.2) is 22.8 Å². The van der Waals surface area contributed by atoms with Crippen molar-refractivity contribution in [3.63, 3.8) is 0 Å². The van der Waals surface area contributed by atoms with E-state index in [0.717, 1.165) is 25.6 Å². The summed E-state index contributed by atoms with van der Waals surface area (Å²) in [6, 6.07) is 2.53. The molecule has 1 aromatic carbocycles. The van der Waals surface area contributed by atoms with E-state index >= 15 is 0 Å². The number of furan rings is 1. The van der Waals surface area contributed by atoms with E-state index < -0.39 is 11.6 Å². The van der Waals surface area contributed by atoms with Crippen molar-refractivity contribution in [1.82, 2.24) is 5.32 Å². The van der Waals surface area contributed by atoms with Crippen LogP contribution in [0.5, 0.6) is 0 Å². The SMILES string of the molecule is CC1(C)CNCCC1c1c(F)cc(F)c2ccoc12. The number of nitrogens with one attached hydrogen (secondary N) is 1. The van der Waals surface area contributed by atoms with Crippen LogP contribution in [-0.2, 0) is 0 Å². The predicted molar refractivity (Wildman–Crippen MR) is 70.1 cm³/mol. The summed E-state index contributed by atoms with van der Waals surface area (Å²) in [5.74, 6) is -1.03. The van der Waals surface area contributed by atoms with E-state index in [2.05, 4.69) is 19.2 Å². The molecule has 2 aromatic rings. The topological polar surface area (TPSA) is 25.2 Å². The molecule has 0 spiro atoms. The van der Waals surface area contributed by atoms with Gasteiger partial charge in [0.25, 0.3) is 0 Å². The van der Waals surface area contributed by atoms with E-state index in [-0.39, 0.29) is 11.3 Å². The van der Waals surface area contributed by atoms with Gasteiger partial charge in [-0.25, -0.2) is 8.78 Å². The molecule has 3 rings (SSSR count). The standard InChI is InChI=1S/C15H17F2NO/c1-15(2)8-18-5-3-10(15)13-12(17)7-11(16)9-4-6-19-14(9)13/h4,6-7,10,18H,3,5,8H2,1-2H3. The zero-order chi connectivity index (χ0) is 13.6. The highest BCUT2D eigenvalue weighted by Gasteiger charge is 2.37. The number of hydrogen-bond donors (Lipinski definition) is 1. The summed E-state index contributed by atoms with van der Waals surface area (Å²) in [5.41, 5.74) is 0.793. The molecule has 1 aliphatic rings. The van der Waals surface area contributed by atoms with Crippen molar-refractivity contribution in [1.29, 1.82) is 0 Å². The Kier molecular flexibility index (Phi) is 2.86. The molecule has 1 atom stereocenters. The van der Waals surface area contributed by atoms with E-state index in [1.54, 1.807) is 6.07 Å². The van der Waals surface area contributed by atoms with Crippen molar-refractivity contribution in [2.24, 2.45) is 5.41 Å². The van der Waals surface area contributed by atoms with Crippen LogP contribution in [0.2, 0.25) is 0 Å². The molecule has 0 saturated carbocycles. The number of piperidine rings is 1. The molecule has 102 valence electrons. The predicted octanol–water partition coefficient (Wildman–Crippen LogP) is 3.81. The van der Waals surface area contributed by atoms with E-state index in [4.69, 9.17) is 4.42 Å². The molecule has 2 heterocycles. The fourth-order valence-electron chi connectivity index (χ4n) is 3.11. The Balaban J connectivity index is 2.21. The lowest BCUT2D eigenvalue weighted by Gasteiger charge is -2.39. The molecule has 1 fully saturated rings. The number of rotatable bonds is 1. The zero-order valence-corrected chi connectivity index (χ0v) is 11.1. The number of benzene rings is 1. The Labute approximate surface area is 110 Å². The number of fused-ring (bicyclic) bond motifs is 1. The minimum Gasteiger partial charge on any atom is -0.464 e. The minimum atomic E-state index is -0.559. The van der Waals surface area contributed by atoms with Gasteiger partial charge in [0, 0.05) is 18.2 Å². The first-order valence-corrected chi connectivity index (χ1v) is 6.56. The van der Waals surface area contributed by atoms with Gasteiger partial charge in [0.2, 0.25) is 0 Å². The highest BCUT2D eigenvalue weighted by atomic mass is 19.1. The molecule has 2 nitrogen and oxygen atoms in total. The van der Waals surface area contributed by atoms with Gasteiger partial charge in [0.15, 0.2) is 0 Å². The van der Waals surface area contributed by atoms with E-state index in [1.807, 2.05) is 0 Å². The van der Waals surface area contributed by atoms with Crippen LogP contribution in [0.4, 0.5) is 8.78 Å². The summed E-state index contributed by atoms with van der Waals surface area (Å²) in [4.78, 5) is 0. The quantitative estimate of drug-likeness (QED) is 0.848. The molecule has 1 N–H and O–H groups in total. The van der Waals surface area contributed by atoms with Crippen molar-refractivity contribution in [3.8, 4) is 0 Å². The van der Waals surface area contributed by atoms with Gasteiger partial charge in [-0.1, -0.05) is 13.8 Å². The molecule has 1 saturated heterocycles. The summed E-state index contributed by atoms with van der Waals surface area (Å²) in [5, 5.41) is 3.69. The van der Waals surface area contributed by atoms with Gasteiger partial charge in [0.05, 0.1) is 11.6 Å². The van der Waals surface area contributed by atoms with Gasteiger partial charge >= 0.3 is 0 Å². The molecule has 1 aromatic heterocycles. The molecular formula is C15H17F2NO. The third-order valence-corrected chi connectivity index (χ3v) is 4.16. The fraction of sp³-hybridized carbons (Fsp3) is 0.467. The van der Waals surface area contributed by atoms with Crippen LogP contribution >= 0.6 is 0 Å². The third kappa shape index (κ3) is 1.94. The first kappa shape index (κ1) is 12.6. The molecule has 1 unspecified atom stereocenters. The molecule has 0 aliphatic carbocycles. The Bertz CT molecular complexity index is 618. The second kappa shape index (κ2) is 4.30. The van der Waals surface area contributed by atoms with Crippen LogP contribution < -0.4 is 5.32 Å². The van der Waals surface area contributed by atoms with Crippen molar-refractivity contribution in [2.45, 2.75) is 26.2 Å². The minimum absolute atomic E-state index is 0.0306. The van der Waals surface area contributed by atoms with Crippen LogP contribution in [0.3, 0.4) is 0 Å². The van der Waals surface area contributed by atoms with Crippen molar-refractivity contribution < 1.29 is 13.2 Å². The Morgan fingerprint density at radius 3 is 2.84 bits per heavy atom. The average Bonchev–Trinajstić information content (AvgIpc) is 2.80. The molecule has 0 bridgehead atoms. The maximum atomic E-state index is 14.3. The van der Waals surface area contributed by atoms with Gasteiger partial charge in [-0.2, -0.15) is 0 Å². The largest absolute Gasteiger partial charge is 0.464 e. The summed E-state index contributed by atoms with van der Waals surface area (Å²) in [6.07, 6.45) is 2.25. The van der Waals surface area contributed by atoms with Gasteiger partial charge in [-0.05, 0) is 30.4 Å². The van der Waals surface area contributed by atoms with Crippen LogP contribution in [0, 0.1) is 17.0 Å². The second-order valence-electron chi connectivity index (χ2n) is 5.92. The van der Waals surface area contributed by atoms with Gasteiger partial charge in [-0.15, -0.1) is 0 Å². The summed E-state index contributed by atoms with van der Waals surface area (Å²) in [7, 11) is 0. The monoisotopic (exact) mass is 265 g/mol. The van der Waals surface area contributed by atoms with Crippen LogP contribution in [0.25, 0.3) is 11.0 Å². The van der Waals surface area contributed by atoms with E-state index in [9.17, 15) is 8.78 Å². The van der Waals surface area contributed by atoms with Crippen LogP contribution in [0.1, 0.15) is 31.7 Å². The Morgan fingerprint density at radius 1 is 1.32 bits per heavy atom. The summed E-state index contributed by atoms with van der Waals surface area (Å²) in [6.45, 7) is 5.85. The van der Waals surface area contributed by atoms with Gasteiger partial charge in [0.1, 0.15) is 17.2 Å². The first-order chi connectivity index (χ1) is 9.00. The molecule has 0 radical (unpaired) electrons. The maximum Gasteiger partial charge on any atom is 0.143 e. The van der Waals surface area contributed by atoms with E-state index in [1.165, 1.54) is 6.26 Å². The fourth-order valence-corrected chi connectivity index (χ4v) is 3.11. The zero-order valence-electron chi connectivity index (χ0n) is 11.1. The lowest BCUT2D eigenvalue weighted by atomic mass is 9.70. The summed E-state index contributed by atoms with van der Waals surface area (Å²) >= 11 is 0. The highest BCUT2D eigenvalue weighted by Crippen LogP contribution is 2.44. The average molecular weight is 265 g/mol. The highest BCUT2D eigenvalue weighted by molar-refractivity contribution is 5.82. The van der Waals surface area contributed by atoms with Crippen molar-refractivity contribution in [3.05, 3.63) is 35.6 Å². The van der Waals surface area contributed by atoms with Crippen LogP contribution in [-0.4, -0.2) is 13.1 Å². The summed E-state index contributed by atoms with van der Waals surface area (Å²) < 4.78 is 33.3. The first-order valence-electron chi connectivity index (χ1n) is 6.56. The second-order valence-corrected chi connectivity index (χ2v) is 5.92. The third-order valence-electron chi connectivity index (χ3n) is 4.16. The lowest BCUT2D eigenvalue weighted by molar-refractivity contribution is 0.215. The lowest BCUT2D eigenvalue weighted by Crippen LogP contribution is -2.41. The smallest absolute Gasteiger partial charge is 0.143 e. The van der Waals surface area contributed by atoms with Gasteiger partial charge in [-0.3, -0.25) is 0 Å². The van der Waals surface area contributed by atoms with Crippen molar-refractivity contribution >= 4 is 11.0 Å². The van der Waals surface area contributed by atoms with E-state index in [0.29, 0.717) is 16.5 Å². The molecule has 19 heavy (non-hydrogen) atoms. The van der Waals surface area contributed by atoms with Gasteiger partial charge < -0.3 is 9.73 Å². The van der Waals surface area contributed by atoms with Crippen molar-refractivity contribution in [2.75, 3.05) is 13.1 Å². The number of halogens is 2. The molecule has 4 heteroatoms. The number of hydrogen-bond acceptors (Lipinski definition) is 2. The maximum absolute atomic E-state index is 14.3. The molecule has 0 amide bonds. The molecular weight excluding hydrogens is 248 g/mol.